The molecule has 1 atom stereocenters. The molecule has 1 nitrogen and oxygen atoms in total. The zero-order valence-electron chi connectivity index (χ0n) is 9.96. The second-order valence-corrected chi connectivity index (χ2v) is 12.5. The van der Waals surface area contributed by atoms with Crippen molar-refractivity contribution in [3.05, 3.63) is 47.8 Å². The smallest absolute Gasteiger partial charge is 0.215 e. The lowest BCUT2D eigenvalue weighted by atomic mass is 10.0. The molecule has 0 saturated carbocycles. The zero-order chi connectivity index (χ0) is 12.3. The van der Waals surface area contributed by atoms with Crippen molar-refractivity contribution in [1.82, 2.24) is 0 Å². The van der Waals surface area contributed by atoms with E-state index < -0.39 is 5.55 Å². The molecule has 0 aromatic heterocycles. The molecule has 1 fully saturated rings. The summed E-state index contributed by atoms with van der Waals surface area (Å²) in [5, 5.41) is 0.953. The number of rotatable bonds is 4. The van der Waals surface area contributed by atoms with Crippen LogP contribution in [-0.4, -0.2) is 11.5 Å². The minimum atomic E-state index is -2.22. The van der Waals surface area contributed by atoms with E-state index in [0.717, 1.165) is 23.2 Å². The number of hydrogen-bond donors (Lipinski definition) is 0. The summed E-state index contributed by atoms with van der Waals surface area (Å²) in [6, 6.07) is 10.4. The second-order valence-electron chi connectivity index (χ2n) is 4.25. The molecular formula is C13H17OPS2. The molecule has 0 bridgehead atoms. The van der Waals surface area contributed by atoms with Gasteiger partial charge < -0.3 is 0 Å². The van der Waals surface area contributed by atoms with E-state index in [-0.39, 0.29) is 0 Å². The molecule has 2 rings (SSSR count). The third kappa shape index (κ3) is 3.21. The van der Waals surface area contributed by atoms with Crippen molar-refractivity contribution in [2.75, 3.05) is 11.5 Å². The van der Waals surface area contributed by atoms with E-state index in [9.17, 15) is 4.57 Å². The van der Waals surface area contributed by atoms with Crippen LogP contribution in [0.25, 0.3) is 0 Å². The van der Waals surface area contributed by atoms with Gasteiger partial charge in [0.05, 0.1) is 0 Å². The fourth-order valence-electron chi connectivity index (χ4n) is 1.87. The van der Waals surface area contributed by atoms with Gasteiger partial charge in [0.25, 0.3) is 0 Å². The summed E-state index contributed by atoms with van der Waals surface area (Å²) in [4.78, 5) is 0. The lowest BCUT2D eigenvalue weighted by Crippen LogP contribution is -2.01. The largest absolute Gasteiger partial charge is 0.296 e. The van der Waals surface area contributed by atoms with Crippen LogP contribution in [0.1, 0.15) is 12.5 Å². The minimum Gasteiger partial charge on any atom is -0.296 e. The summed E-state index contributed by atoms with van der Waals surface area (Å²) in [6.07, 6.45) is 0.935. The van der Waals surface area contributed by atoms with Gasteiger partial charge in [-0.3, -0.25) is 4.57 Å². The van der Waals surface area contributed by atoms with E-state index in [1.807, 2.05) is 18.2 Å². The monoisotopic (exact) mass is 284 g/mol. The predicted molar refractivity (Wildman–Crippen MR) is 81.0 cm³/mol. The molecule has 0 radical (unpaired) electrons. The van der Waals surface area contributed by atoms with E-state index in [2.05, 4.69) is 25.6 Å². The Morgan fingerprint density at radius 3 is 2.53 bits per heavy atom. The highest BCUT2D eigenvalue weighted by Gasteiger charge is 2.34. The summed E-state index contributed by atoms with van der Waals surface area (Å²) in [5.41, 5.74) is -0.922. The van der Waals surface area contributed by atoms with Crippen LogP contribution in [0.15, 0.2) is 42.2 Å². The molecule has 1 saturated heterocycles. The standard InChI is InChI=1S/C13H17OPS2/c1-11(10-13-6-4-3-5-7-13)12(2)15(14)16-8-9-17-15/h3-7,11H,2,8-10H2,1H3. The molecule has 0 amide bonds. The van der Waals surface area contributed by atoms with Crippen LogP contribution < -0.4 is 0 Å². The van der Waals surface area contributed by atoms with Crippen LogP contribution in [-0.2, 0) is 11.0 Å². The molecule has 1 unspecified atom stereocenters. The highest BCUT2D eigenvalue weighted by atomic mass is 33.1. The fourth-order valence-corrected chi connectivity index (χ4v) is 11.1. The Labute approximate surface area is 111 Å². The topological polar surface area (TPSA) is 17.1 Å². The molecule has 0 N–H and O–H groups in total. The summed E-state index contributed by atoms with van der Waals surface area (Å²) < 4.78 is 12.6. The van der Waals surface area contributed by atoms with Gasteiger partial charge in [-0.2, -0.15) is 0 Å². The average molecular weight is 284 g/mol. The van der Waals surface area contributed by atoms with Crippen LogP contribution in [0.2, 0.25) is 0 Å². The van der Waals surface area contributed by atoms with Crippen LogP contribution in [0, 0.1) is 5.92 Å². The molecule has 92 valence electrons. The maximum atomic E-state index is 12.6. The Morgan fingerprint density at radius 1 is 1.35 bits per heavy atom. The quantitative estimate of drug-likeness (QED) is 0.720. The molecule has 1 aromatic rings. The van der Waals surface area contributed by atoms with Gasteiger partial charge in [-0.15, -0.1) is 0 Å². The zero-order valence-corrected chi connectivity index (χ0v) is 12.5. The number of allylic oxidation sites excluding steroid dienone is 1. The van der Waals surface area contributed by atoms with Crippen LogP contribution in [0.4, 0.5) is 0 Å². The van der Waals surface area contributed by atoms with E-state index in [0.29, 0.717) is 5.92 Å². The first-order valence-electron chi connectivity index (χ1n) is 5.74. The van der Waals surface area contributed by atoms with Gasteiger partial charge in [0.15, 0.2) is 0 Å². The van der Waals surface area contributed by atoms with Crippen molar-refractivity contribution in [1.29, 1.82) is 0 Å². The number of benzene rings is 1. The van der Waals surface area contributed by atoms with E-state index in [1.54, 1.807) is 22.8 Å². The van der Waals surface area contributed by atoms with Crippen molar-refractivity contribution in [2.24, 2.45) is 5.92 Å². The van der Waals surface area contributed by atoms with E-state index in [1.165, 1.54) is 5.56 Å². The molecule has 1 aromatic carbocycles. The van der Waals surface area contributed by atoms with Gasteiger partial charge in [-0.05, 0) is 17.9 Å². The third-order valence-corrected chi connectivity index (χ3v) is 12.2. The number of hydrogen-bond acceptors (Lipinski definition) is 3. The normalized spacial score (nSPS) is 20.1. The highest BCUT2D eigenvalue weighted by Crippen LogP contribution is 2.79. The van der Waals surface area contributed by atoms with Gasteiger partial charge >= 0.3 is 0 Å². The Bertz CT molecular complexity index is 434. The lowest BCUT2D eigenvalue weighted by Gasteiger charge is -2.19. The van der Waals surface area contributed by atoms with Crippen molar-refractivity contribution < 1.29 is 4.57 Å². The predicted octanol–water partition coefficient (Wildman–Crippen LogP) is 5.05. The molecule has 4 heteroatoms. The third-order valence-electron chi connectivity index (χ3n) is 2.91. The molecule has 1 aliphatic rings. The van der Waals surface area contributed by atoms with Crippen LogP contribution in [0.5, 0.6) is 0 Å². The van der Waals surface area contributed by atoms with Gasteiger partial charge in [0.1, 0.15) is 0 Å². The Hall–Kier alpha value is -0.110. The first kappa shape index (κ1) is 13.3. The van der Waals surface area contributed by atoms with Gasteiger partial charge in [0, 0.05) is 16.8 Å². The van der Waals surface area contributed by atoms with E-state index >= 15 is 0 Å². The first-order chi connectivity index (χ1) is 8.12. The van der Waals surface area contributed by atoms with E-state index in [4.69, 9.17) is 0 Å². The second kappa shape index (κ2) is 5.69. The fraction of sp³-hybridized carbons (Fsp3) is 0.385. The summed E-state index contributed by atoms with van der Waals surface area (Å²) in [6.45, 7) is 6.23. The summed E-state index contributed by atoms with van der Waals surface area (Å²) in [5.74, 6) is 2.29. The van der Waals surface area contributed by atoms with Crippen LogP contribution >= 0.6 is 28.3 Å². The van der Waals surface area contributed by atoms with Gasteiger partial charge in [-0.25, -0.2) is 0 Å². The van der Waals surface area contributed by atoms with Crippen molar-refractivity contribution in [3.8, 4) is 0 Å². The molecule has 1 aliphatic heterocycles. The van der Waals surface area contributed by atoms with Gasteiger partial charge in [0.2, 0.25) is 5.55 Å². The Kier molecular flexibility index (Phi) is 4.46. The highest BCUT2D eigenvalue weighted by molar-refractivity contribution is 8.93. The lowest BCUT2D eigenvalue weighted by molar-refractivity contribution is 0.591. The molecule has 0 spiro atoms. The molecular weight excluding hydrogens is 267 g/mol. The Morgan fingerprint density at radius 2 is 1.94 bits per heavy atom. The van der Waals surface area contributed by atoms with Crippen LogP contribution in [0.3, 0.4) is 0 Å². The van der Waals surface area contributed by atoms with Crippen molar-refractivity contribution >= 4 is 28.3 Å². The van der Waals surface area contributed by atoms with Gasteiger partial charge in [-0.1, -0.05) is 66.6 Å². The maximum Gasteiger partial charge on any atom is 0.215 e. The molecule has 0 aliphatic carbocycles. The van der Waals surface area contributed by atoms with Crippen molar-refractivity contribution in [3.63, 3.8) is 0 Å². The van der Waals surface area contributed by atoms with Crippen molar-refractivity contribution in [2.45, 2.75) is 13.3 Å². The minimum absolute atomic E-state index is 0.293. The first-order valence-corrected chi connectivity index (χ1v) is 10.6. The summed E-state index contributed by atoms with van der Waals surface area (Å²) >= 11 is 3.22. The average Bonchev–Trinajstić information content (AvgIpc) is 2.78. The SMILES string of the molecule is C=C(C(C)Cc1ccccc1)P1(=O)SCCS1. The maximum absolute atomic E-state index is 12.6. The molecule has 17 heavy (non-hydrogen) atoms. The Balaban J connectivity index is 2.03. The molecule has 1 heterocycles. The summed E-state index contributed by atoms with van der Waals surface area (Å²) in [7, 11) is 0.